The van der Waals surface area contributed by atoms with Crippen molar-refractivity contribution in [2.75, 3.05) is 26.4 Å². The first-order chi connectivity index (χ1) is 23.3. The van der Waals surface area contributed by atoms with Gasteiger partial charge in [-0.1, -0.05) is 79.1 Å². The number of carboxylic acids is 2. The van der Waals surface area contributed by atoms with Crippen LogP contribution in [-0.4, -0.2) is 38.4 Å². The molecular weight excluding hydrogens is 608 g/mol. The number of aromatic carboxylic acids is 2. The number of fused-ring (bicyclic) bond motifs is 6. The second kappa shape index (κ2) is 18.4. The molecule has 0 heterocycles. The molecule has 0 saturated carbocycles. The van der Waals surface area contributed by atoms with Crippen LogP contribution in [0.4, 0.5) is 0 Å². The fourth-order valence-electron chi connectivity index (χ4n) is 5.98. The minimum Gasteiger partial charge on any atom is -0.545 e. The summed E-state index contributed by atoms with van der Waals surface area (Å²) in [7, 11) is 0. The Bertz CT molecular complexity index is 1570. The van der Waals surface area contributed by atoms with Crippen LogP contribution in [0.3, 0.4) is 0 Å². The number of benzene rings is 4. The number of hydrogen-bond acceptors (Lipinski definition) is 8. The number of rotatable bonds is 22. The Labute approximate surface area is 284 Å². The summed E-state index contributed by atoms with van der Waals surface area (Å²) >= 11 is 0. The number of carbonyl (C=O) groups excluding carboxylic acids is 2. The third-order valence-corrected chi connectivity index (χ3v) is 8.66. The normalized spacial score (nSPS) is 11.3. The SMILES string of the molecule is CCCCCOc1cc2c3cc(OCCCCC)c(OCCCCC)cc3c3cc(C(=O)[O-])c(C(=O)[O-])cc3c2cc1OCCCCC. The summed E-state index contributed by atoms with van der Waals surface area (Å²) < 4.78 is 25.2. The van der Waals surface area contributed by atoms with Crippen molar-refractivity contribution >= 4 is 44.3 Å². The lowest BCUT2D eigenvalue weighted by Crippen LogP contribution is -2.30. The molecule has 260 valence electrons. The Balaban J connectivity index is 2.04. The van der Waals surface area contributed by atoms with E-state index in [0.717, 1.165) is 87.8 Å². The average molecular weight is 659 g/mol. The van der Waals surface area contributed by atoms with Crippen molar-refractivity contribution in [3.8, 4) is 23.0 Å². The van der Waals surface area contributed by atoms with E-state index in [1.165, 1.54) is 12.1 Å². The van der Waals surface area contributed by atoms with Gasteiger partial charge in [0.1, 0.15) is 0 Å². The van der Waals surface area contributed by atoms with Crippen LogP contribution in [0.1, 0.15) is 125 Å². The average Bonchev–Trinajstić information content (AvgIpc) is 3.08. The van der Waals surface area contributed by atoms with Crippen molar-refractivity contribution in [1.82, 2.24) is 0 Å². The zero-order valence-corrected chi connectivity index (χ0v) is 29.0. The lowest BCUT2D eigenvalue weighted by atomic mass is 9.90. The highest BCUT2D eigenvalue weighted by Crippen LogP contribution is 2.45. The Morgan fingerprint density at radius 3 is 0.854 bits per heavy atom. The van der Waals surface area contributed by atoms with E-state index in [-0.39, 0.29) is 0 Å². The summed E-state index contributed by atoms with van der Waals surface area (Å²) in [4.78, 5) is 24.4. The van der Waals surface area contributed by atoms with Crippen LogP contribution in [0.5, 0.6) is 23.0 Å². The van der Waals surface area contributed by atoms with E-state index in [1.807, 2.05) is 24.3 Å². The molecule has 0 aliphatic carbocycles. The topological polar surface area (TPSA) is 117 Å². The highest BCUT2D eigenvalue weighted by atomic mass is 16.5. The number of ether oxygens (including phenoxy) is 4. The van der Waals surface area contributed by atoms with Crippen LogP contribution in [0, 0.1) is 0 Å². The van der Waals surface area contributed by atoms with Crippen LogP contribution >= 0.6 is 0 Å². The summed E-state index contributed by atoms with van der Waals surface area (Å²) in [6.45, 7) is 10.6. The van der Waals surface area contributed by atoms with Gasteiger partial charge in [0.2, 0.25) is 0 Å². The van der Waals surface area contributed by atoms with Crippen molar-refractivity contribution in [1.29, 1.82) is 0 Å². The summed E-state index contributed by atoms with van der Waals surface area (Å²) in [5.41, 5.74) is -0.888. The van der Waals surface area contributed by atoms with Crippen LogP contribution in [0.25, 0.3) is 32.3 Å². The number of hydrogen-bond donors (Lipinski definition) is 0. The van der Waals surface area contributed by atoms with Gasteiger partial charge in [0, 0.05) is 11.1 Å². The lowest BCUT2D eigenvalue weighted by molar-refractivity contribution is -0.259. The zero-order chi connectivity index (χ0) is 34.5. The molecule has 0 fully saturated rings. The monoisotopic (exact) mass is 658 g/mol. The van der Waals surface area contributed by atoms with Crippen molar-refractivity contribution < 1.29 is 38.7 Å². The number of carboxylic acid groups (broad SMARTS) is 2. The highest BCUT2D eigenvalue weighted by molar-refractivity contribution is 6.27. The fraction of sp³-hybridized carbons (Fsp3) is 0.500. The molecule has 4 rings (SSSR count). The van der Waals surface area contributed by atoms with Gasteiger partial charge in [-0.25, -0.2) is 0 Å². The Morgan fingerprint density at radius 2 is 0.646 bits per heavy atom. The van der Waals surface area contributed by atoms with Gasteiger partial charge in [-0.2, -0.15) is 0 Å². The molecule has 0 aromatic heterocycles. The molecule has 0 amide bonds. The molecule has 4 aromatic rings. The van der Waals surface area contributed by atoms with Crippen molar-refractivity contribution in [3.05, 3.63) is 47.5 Å². The van der Waals surface area contributed by atoms with Gasteiger partial charge >= 0.3 is 0 Å². The smallest absolute Gasteiger partial charge is 0.161 e. The highest BCUT2D eigenvalue weighted by Gasteiger charge is 2.20. The summed E-state index contributed by atoms with van der Waals surface area (Å²) in [6, 6.07) is 10.4. The van der Waals surface area contributed by atoms with E-state index in [4.69, 9.17) is 18.9 Å². The quantitative estimate of drug-likeness (QED) is 0.0614. The first-order valence-corrected chi connectivity index (χ1v) is 17.8. The van der Waals surface area contributed by atoms with Crippen LogP contribution in [0.15, 0.2) is 36.4 Å². The lowest BCUT2D eigenvalue weighted by Gasteiger charge is -2.21. The van der Waals surface area contributed by atoms with Gasteiger partial charge in [-0.3, -0.25) is 0 Å². The summed E-state index contributed by atoms with van der Waals surface area (Å²) in [5, 5.41) is 28.5. The second-order valence-corrected chi connectivity index (χ2v) is 12.4. The van der Waals surface area contributed by atoms with Crippen LogP contribution in [0.2, 0.25) is 0 Å². The van der Waals surface area contributed by atoms with E-state index < -0.39 is 23.1 Å². The van der Waals surface area contributed by atoms with E-state index in [0.29, 0.717) is 71.0 Å². The molecule has 0 saturated heterocycles. The molecule has 0 bridgehead atoms. The molecule has 0 unspecified atom stereocenters. The Hall–Kier alpha value is -4.20. The van der Waals surface area contributed by atoms with Gasteiger partial charge in [0.15, 0.2) is 23.0 Å². The van der Waals surface area contributed by atoms with E-state index in [1.54, 1.807) is 0 Å². The summed E-state index contributed by atoms with van der Waals surface area (Å²) in [6.07, 6.45) is 11.9. The van der Waals surface area contributed by atoms with Gasteiger partial charge in [-0.15, -0.1) is 0 Å². The molecule has 8 heteroatoms. The molecule has 0 N–H and O–H groups in total. The third kappa shape index (κ3) is 9.03. The summed E-state index contributed by atoms with van der Waals surface area (Å²) in [5.74, 6) is -0.859. The molecule has 0 radical (unpaired) electrons. The first-order valence-electron chi connectivity index (χ1n) is 17.8. The van der Waals surface area contributed by atoms with Gasteiger partial charge < -0.3 is 38.7 Å². The van der Waals surface area contributed by atoms with Gasteiger partial charge in [-0.05, 0) is 94.4 Å². The molecule has 4 aromatic carbocycles. The Kier molecular flexibility index (Phi) is 14.0. The molecule has 48 heavy (non-hydrogen) atoms. The molecule has 8 nitrogen and oxygen atoms in total. The maximum absolute atomic E-state index is 12.2. The van der Waals surface area contributed by atoms with Gasteiger partial charge in [0.05, 0.1) is 38.4 Å². The van der Waals surface area contributed by atoms with Gasteiger partial charge in [0.25, 0.3) is 0 Å². The zero-order valence-electron chi connectivity index (χ0n) is 29.0. The maximum Gasteiger partial charge on any atom is 0.161 e. The van der Waals surface area contributed by atoms with E-state index in [2.05, 4.69) is 27.7 Å². The number of unbranched alkanes of at least 4 members (excludes halogenated alkanes) is 8. The van der Waals surface area contributed by atoms with E-state index in [9.17, 15) is 19.8 Å². The standard InChI is InChI=1S/C40H52O8/c1-5-9-13-17-45-35-23-29-27-21-33(39(41)42)34(40(43)44)22-28(27)30-24-36(46-18-14-10-6-2)38(48-20-16-12-8-4)26-32(30)31(29)25-37(35)47-19-15-11-7-3/h21-26H,5-20H2,1-4H3,(H,41,42)(H,43,44)/p-2. The third-order valence-electron chi connectivity index (χ3n) is 8.66. The van der Waals surface area contributed by atoms with Crippen LogP contribution < -0.4 is 29.2 Å². The molecular formula is C40H50O8-2. The van der Waals surface area contributed by atoms with Crippen molar-refractivity contribution in [2.24, 2.45) is 0 Å². The molecule has 0 aliphatic rings. The largest absolute Gasteiger partial charge is 0.545 e. The molecule has 0 spiro atoms. The molecule has 0 aliphatic heterocycles. The predicted octanol–water partition coefficient (Wildman–Crippen LogP) is 8.15. The fourth-order valence-corrected chi connectivity index (χ4v) is 5.98. The Morgan fingerprint density at radius 1 is 0.417 bits per heavy atom. The molecule has 0 atom stereocenters. The van der Waals surface area contributed by atoms with Crippen LogP contribution in [-0.2, 0) is 0 Å². The number of carbonyl (C=O) groups is 2. The van der Waals surface area contributed by atoms with E-state index >= 15 is 0 Å². The first kappa shape index (κ1) is 36.6. The van der Waals surface area contributed by atoms with Crippen molar-refractivity contribution in [2.45, 2.75) is 105 Å². The maximum atomic E-state index is 12.2. The predicted molar refractivity (Wildman–Crippen MR) is 188 cm³/mol. The minimum absolute atomic E-state index is 0.444. The minimum atomic E-state index is -1.59. The van der Waals surface area contributed by atoms with Crippen molar-refractivity contribution in [3.63, 3.8) is 0 Å². The second-order valence-electron chi connectivity index (χ2n) is 12.4.